The number of aliphatic imine (C=N–C) groups is 1. The van der Waals surface area contributed by atoms with E-state index in [0.717, 1.165) is 69.1 Å². The molecule has 11 heteroatoms. The minimum atomic E-state index is -4.76. The summed E-state index contributed by atoms with van der Waals surface area (Å²) >= 11 is 0. The third-order valence-electron chi connectivity index (χ3n) is 14.5. The summed E-state index contributed by atoms with van der Waals surface area (Å²) < 4.78 is 94.8. The van der Waals surface area contributed by atoms with Gasteiger partial charge in [0.2, 0.25) is 5.96 Å². The van der Waals surface area contributed by atoms with Gasteiger partial charge in [-0.2, -0.15) is 26.3 Å². The molecule has 1 aromatic carbocycles. The van der Waals surface area contributed by atoms with Gasteiger partial charge in [0.25, 0.3) is 6.71 Å². The van der Waals surface area contributed by atoms with E-state index in [0.29, 0.717) is 23.7 Å². The van der Waals surface area contributed by atoms with Gasteiger partial charge in [-0.1, -0.05) is 88.2 Å². The van der Waals surface area contributed by atoms with E-state index in [1.54, 1.807) is 0 Å². The maximum Gasteiger partial charge on any atom is 0.393 e. The predicted octanol–water partition coefficient (Wildman–Crippen LogP) is 9.18. The molecule has 11 unspecified atom stereocenters. The number of fused-ring (bicyclic) bond motifs is 8. The van der Waals surface area contributed by atoms with Gasteiger partial charge >= 0.3 is 12.4 Å². The molecule has 4 nitrogen and oxygen atoms in total. The SMILES string of the molecule is CC(C)c1cccc(C(C)C)c1B1C2=C(C3CCCCC3O2)N2C3=NC4C(CC(C(F)(F)F)CC4C(F)(F)F)N3C3CCCC4CCC1C2C43. The Morgan fingerprint density at radius 2 is 1.54 bits per heavy atom. The Bertz CT molecular complexity index is 1560. The molecule has 5 fully saturated rings. The number of benzene rings is 1. The van der Waals surface area contributed by atoms with Crippen LogP contribution in [0.25, 0.3) is 0 Å². The maximum absolute atomic E-state index is 14.8. The van der Waals surface area contributed by atoms with Crippen molar-refractivity contribution >= 4 is 18.1 Å². The van der Waals surface area contributed by atoms with Gasteiger partial charge < -0.3 is 14.5 Å². The number of nitrogens with zero attached hydrogens (tertiary/aromatic N) is 3. The summed E-state index contributed by atoms with van der Waals surface area (Å²) in [6.07, 6.45) is -1.79. The summed E-state index contributed by atoms with van der Waals surface area (Å²) in [7, 11) is 0. The highest BCUT2D eigenvalue weighted by molar-refractivity contribution is 6.82. The lowest BCUT2D eigenvalue weighted by Gasteiger charge is -2.64. The molecule has 4 aliphatic heterocycles. The average Bonchev–Trinajstić information content (AvgIpc) is 3.64. The fourth-order valence-corrected chi connectivity index (χ4v) is 12.7. The summed E-state index contributed by atoms with van der Waals surface area (Å²) in [6.45, 7) is 9.08. The summed E-state index contributed by atoms with van der Waals surface area (Å²) in [5.74, 6) is -2.08. The van der Waals surface area contributed by atoms with Crippen molar-refractivity contribution in [3.8, 4) is 0 Å². The molecule has 0 amide bonds. The highest BCUT2D eigenvalue weighted by Crippen LogP contribution is 2.62. The van der Waals surface area contributed by atoms with E-state index in [-0.39, 0.29) is 49.0 Å². The Kier molecular flexibility index (Phi) is 7.76. The molecule has 0 bridgehead atoms. The first-order valence-electron chi connectivity index (χ1n) is 19.6. The smallest absolute Gasteiger partial charge is 0.393 e. The quantitative estimate of drug-likeness (QED) is 0.233. The predicted molar refractivity (Wildman–Crippen MR) is 182 cm³/mol. The summed E-state index contributed by atoms with van der Waals surface area (Å²) in [5, 5.41) is 0. The van der Waals surface area contributed by atoms with Crippen LogP contribution in [0, 0.1) is 29.6 Å². The van der Waals surface area contributed by atoms with E-state index in [2.05, 4.69) is 55.7 Å². The number of rotatable bonds is 3. The minimum Gasteiger partial charge on any atom is -0.502 e. The number of alkyl halides is 6. The molecule has 1 aromatic rings. The minimum absolute atomic E-state index is 0.0141. The van der Waals surface area contributed by atoms with Gasteiger partial charge in [-0.15, -0.1) is 0 Å². The summed E-state index contributed by atoms with van der Waals surface area (Å²) in [6, 6.07) is 4.57. The maximum atomic E-state index is 14.8. The molecule has 0 N–H and O–H groups in total. The van der Waals surface area contributed by atoms with Gasteiger partial charge in [0.1, 0.15) is 6.10 Å². The van der Waals surface area contributed by atoms with E-state index >= 15 is 0 Å². The van der Waals surface area contributed by atoms with Gasteiger partial charge in [-0.05, 0) is 68.5 Å². The van der Waals surface area contributed by atoms with Crippen LogP contribution in [0.1, 0.15) is 121 Å². The zero-order valence-corrected chi connectivity index (χ0v) is 29.6. The van der Waals surface area contributed by atoms with Crippen LogP contribution in [0.15, 0.2) is 34.5 Å². The van der Waals surface area contributed by atoms with Crippen LogP contribution < -0.4 is 5.46 Å². The zero-order valence-electron chi connectivity index (χ0n) is 29.6. The normalized spacial score (nSPS) is 39.2. The summed E-state index contributed by atoms with van der Waals surface area (Å²) in [4.78, 5) is 9.44. The third kappa shape index (κ3) is 4.81. The second-order valence-electron chi connectivity index (χ2n) is 17.6. The Labute approximate surface area is 292 Å². The average molecular weight is 702 g/mol. The highest BCUT2D eigenvalue weighted by atomic mass is 19.4. The molecule has 4 saturated carbocycles. The molecule has 11 atom stereocenters. The van der Waals surface area contributed by atoms with E-state index < -0.39 is 42.7 Å². The van der Waals surface area contributed by atoms with E-state index in [4.69, 9.17) is 9.73 Å². The number of ether oxygens (including phenoxy) is 1. The Morgan fingerprint density at radius 3 is 2.22 bits per heavy atom. The monoisotopic (exact) mass is 701 g/mol. The van der Waals surface area contributed by atoms with E-state index in [1.807, 2.05) is 0 Å². The van der Waals surface area contributed by atoms with Crippen LogP contribution in [0.2, 0.25) is 5.82 Å². The van der Waals surface area contributed by atoms with Crippen LogP contribution in [0.4, 0.5) is 26.3 Å². The first-order chi connectivity index (χ1) is 23.8. The topological polar surface area (TPSA) is 28.1 Å². The number of halogens is 6. The third-order valence-corrected chi connectivity index (χ3v) is 14.5. The highest BCUT2D eigenvalue weighted by Gasteiger charge is 2.68. The zero-order chi connectivity index (χ0) is 35.0. The Hall–Kier alpha value is -2.33. The van der Waals surface area contributed by atoms with Crippen molar-refractivity contribution in [2.24, 2.45) is 34.6 Å². The Balaban J connectivity index is 1.27. The molecule has 8 aliphatic rings. The van der Waals surface area contributed by atoms with Crippen molar-refractivity contribution in [3.05, 3.63) is 40.7 Å². The second kappa shape index (κ2) is 11.6. The largest absolute Gasteiger partial charge is 0.502 e. The molecule has 0 spiro atoms. The van der Waals surface area contributed by atoms with Gasteiger partial charge in [0, 0.05) is 23.9 Å². The van der Waals surface area contributed by atoms with Gasteiger partial charge in [-0.25, -0.2) is 4.99 Å². The van der Waals surface area contributed by atoms with Crippen molar-refractivity contribution in [2.75, 3.05) is 0 Å². The molecule has 272 valence electrons. The van der Waals surface area contributed by atoms with Crippen LogP contribution in [-0.4, -0.2) is 65.1 Å². The molecule has 50 heavy (non-hydrogen) atoms. The van der Waals surface area contributed by atoms with Gasteiger partial charge in [0.15, 0.2) is 0 Å². The van der Waals surface area contributed by atoms with Gasteiger partial charge in [0.05, 0.1) is 35.3 Å². The molecule has 4 aliphatic carbocycles. The first kappa shape index (κ1) is 33.5. The molecule has 1 saturated heterocycles. The standard InChI is InChI=1S/C39H50BF6N3O/c1-19(2)23-11-8-12-24(20(3)4)32(23)40-27-16-15-21-9-7-13-28-31(21)35(27)49(34-25-10-5-6-14-30(25)50-36(34)40)37-47-33-26(39(44,45)46)17-22(38(41,42)43)18-29(33)48(28)37/h8,11-12,19-22,25-31,33,35H,5-7,9-10,13-18H2,1-4H3. The van der Waals surface area contributed by atoms with Crippen LogP contribution >= 0.6 is 0 Å². The lowest BCUT2D eigenvalue weighted by Crippen LogP contribution is -2.72. The fourth-order valence-electron chi connectivity index (χ4n) is 12.7. The fraction of sp³-hybridized carbons (Fsp3) is 0.769. The lowest BCUT2D eigenvalue weighted by molar-refractivity contribution is -0.231. The number of hydrogen-bond donors (Lipinski definition) is 0. The van der Waals surface area contributed by atoms with Crippen molar-refractivity contribution in [2.45, 2.75) is 159 Å². The van der Waals surface area contributed by atoms with E-state index in [1.165, 1.54) is 16.6 Å². The van der Waals surface area contributed by atoms with Gasteiger partial charge in [-0.3, -0.25) is 0 Å². The molecule has 0 radical (unpaired) electrons. The van der Waals surface area contributed by atoms with Crippen LogP contribution in [0.5, 0.6) is 0 Å². The molecule has 9 rings (SSSR count). The van der Waals surface area contributed by atoms with E-state index in [9.17, 15) is 26.3 Å². The summed E-state index contributed by atoms with van der Waals surface area (Å²) in [5.41, 5.74) is 6.17. The first-order valence-corrected chi connectivity index (χ1v) is 19.6. The molecule has 4 heterocycles. The van der Waals surface area contributed by atoms with Crippen LogP contribution in [0.3, 0.4) is 0 Å². The van der Waals surface area contributed by atoms with Crippen molar-refractivity contribution in [1.29, 1.82) is 0 Å². The van der Waals surface area contributed by atoms with Crippen molar-refractivity contribution in [1.82, 2.24) is 9.80 Å². The molecule has 0 aromatic heterocycles. The van der Waals surface area contributed by atoms with Crippen LogP contribution in [-0.2, 0) is 4.74 Å². The second-order valence-corrected chi connectivity index (χ2v) is 17.6. The number of guanidine groups is 1. The number of hydrogen-bond acceptors (Lipinski definition) is 4. The Morgan fingerprint density at radius 1 is 0.820 bits per heavy atom. The van der Waals surface area contributed by atoms with Crippen molar-refractivity contribution in [3.63, 3.8) is 0 Å². The molecular weight excluding hydrogens is 651 g/mol. The molecular formula is C39H50BF6N3O. The lowest BCUT2D eigenvalue weighted by atomic mass is 9.28. The van der Waals surface area contributed by atoms with Crippen molar-refractivity contribution < 1.29 is 31.1 Å².